The van der Waals surface area contributed by atoms with Gasteiger partial charge in [0.05, 0.1) is 13.6 Å². The predicted molar refractivity (Wildman–Crippen MR) is 130 cm³/mol. The molecule has 0 unspecified atom stereocenters. The van der Waals surface area contributed by atoms with Crippen LogP contribution in [0.5, 0.6) is 0 Å². The molecule has 0 atom stereocenters. The van der Waals surface area contributed by atoms with Crippen molar-refractivity contribution >= 4 is 0 Å². The summed E-state index contributed by atoms with van der Waals surface area (Å²) in [5.74, 6) is 1.49. The molecular formula is C28H47N2+. The number of unbranched alkanes of at least 4 members (excludes halogenated alkanes) is 12. The van der Waals surface area contributed by atoms with Crippen molar-refractivity contribution in [3.05, 3.63) is 54.1 Å². The number of rotatable bonds is 18. The smallest absolute Gasteiger partial charge is 0.237 e. The van der Waals surface area contributed by atoms with Crippen LogP contribution >= 0.6 is 0 Å². The molecule has 2 rings (SSSR count). The molecule has 1 aromatic carbocycles. The molecule has 0 amide bonds. The van der Waals surface area contributed by atoms with Gasteiger partial charge < -0.3 is 0 Å². The Morgan fingerprint density at radius 2 is 1.23 bits per heavy atom. The lowest BCUT2D eigenvalue weighted by molar-refractivity contribution is -0.678. The summed E-state index contributed by atoms with van der Waals surface area (Å²) >= 11 is 0. The molecule has 0 saturated carbocycles. The van der Waals surface area contributed by atoms with Crippen molar-refractivity contribution in [1.82, 2.24) is 4.57 Å². The third-order valence-corrected chi connectivity index (χ3v) is 6.42. The second-order valence-corrected chi connectivity index (χ2v) is 9.10. The zero-order valence-electron chi connectivity index (χ0n) is 20.0. The molecule has 2 nitrogen and oxygen atoms in total. The van der Waals surface area contributed by atoms with Gasteiger partial charge in [0.1, 0.15) is 12.4 Å². The van der Waals surface area contributed by atoms with Gasteiger partial charge in [-0.25, -0.2) is 9.13 Å². The van der Waals surface area contributed by atoms with Crippen molar-refractivity contribution in [1.29, 1.82) is 0 Å². The van der Waals surface area contributed by atoms with Crippen LogP contribution in [0.1, 0.15) is 108 Å². The predicted octanol–water partition coefficient (Wildman–Crippen LogP) is 7.58. The summed E-state index contributed by atoms with van der Waals surface area (Å²) in [6, 6.07) is 10.9. The van der Waals surface area contributed by atoms with Crippen LogP contribution in [0.4, 0.5) is 0 Å². The Morgan fingerprint density at radius 3 is 1.83 bits per heavy atom. The molecule has 1 aromatic heterocycles. The first-order chi connectivity index (χ1) is 14.8. The average Bonchev–Trinajstić information content (AvgIpc) is 3.11. The molecule has 0 fully saturated rings. The van der Waals surface area contributed by atoms with E-state index in [-0.39, 0.29) is 0 Å². The lowest BCUT2D eigenvalue weighted by Crippen LogP contribution is -2.32. The molecule has 2 heteroatoms. The minimum atomic E-state index is 1.13. The molecule has 0 bridgehead atoms. The zero-order valence-corrected chi connectivity index (χ0v) is 20.0. The normalized spacial score (nSPS) is 11.3. The monoisotopic (exact) mass is 411 g/mol. The molecule has 0 spiro atoms. The molecular weight excluding hydrogens is 364 g/mol. The zero-order chi connectivity index (χ0) is 21.3. The highest BCUT2D eigenvalue weighted by Gasteiger charge is 2.13. The highest BCUT2D eigenvalue weighted by Crippen LogP contribution is 2.13. The van der Waals surface area contributed by atoms with Gasteiger partial charge >= 0.3 is 0 Å². The van der Waals surface area contributed by atoms with Crippen molar-refractivity contribution in [2.45, 2.75) is 116 Å². The molecule has 0 N–H and O–H groups in total. The van der Waals surface area contributed by atoms with Gasteiger partial charge in [-0.2, -0.15) is 0 Å². The summed E-state index contributed by atoms with van der Waals surface area (Å²) in [5, 5.41) is 0. The first-order valence-electron chi connectivity index (χ1n) is 12.9. The van der Waals surface area contributed by atoms with Crippen LogP contribution < -0.4 is 4.57 Å². The van der Waals surface area contributed by atoms with E-state index in [1.807, 2.05) is 0 Å². The van der Waals surface area contributed by atoms with E-state index in [0.717, 1.165) is 6.54 Å². The van der Waals surface area contributed by atoms with Crippen LogP contribution in [0.3, 0.4) is 0 Å². The van der Waals surface area contributed by atoms with E-state index in [1.165, 1.54) is 114 Å². The third-order valence-electron chi connectivity index (χ3n) is 6.42. The van der Waals surface area contributed by atoms with Crippen molar-refractivity contribution in [3.63, 3.8) is 0 Å². The highest BCUT2D eigenvalue weighted by atomic mass is 15.1. The van der Waals surface area contributed by atoms with Gasteiger partial charge in [-0.3, -0.25) is 0 Å². The number of aromatic nitrogens is 2. The number of benzene rings is 1. The van der Waals surface area contributed by atoms with Gasteiger partial charge in [0.25, 0.3) is 5.82 Å². The van der Waals surface area contributed by atoms with E-state index in [2.05, 4.69) is 65.8 Å². The summed E-state index contributed by atoms with van der Waals surface area (Å²) in [6.07, 6.45) is 26.6. The van der Waals surface area contributed by atoms with Gasteiger partial charge in [0, 0.05) is 6.42 Å². The maximum absolute atomic E-state index is 2.48. The molecule has 0 aliphatic carbocycles. The molecule has 30 heavy (non-hydrogen) atoms. The van der Waals surface area contributed by atoms with E-state index in [4.69, 9.17) is 0 Å². The minimum absolute atomic E-state index is 1.13. The Kier molecular flexibility index (Phi) is 13.3. The Bertz CT molecular complexity index is 644. The maximum atomic E-state index is 2.48. The summed E-state index contributed by atoms with van der Waals surface area (Å²) in [6.45, 7) is 3.42. The number of imidazole rings is 1. The van der Waals surface area contributed by atoms with Gasteiger partial charge in [-0.05, 0) is 24.8 Å². The standard InChI is InChI=1S/C28H47N2/c1-3-4-5-6-7-8-9-10-11-12-13-14-18-23-28-29(2)25-26-30(28)24-19-22-27-20-16-15-17-21-27/h15-17,20-21,25-26H,3-14,18-19,22-24H2,1-2H3/q+1. The molecule has 0 radical (unpaired) electrons. The molecule has 0 aliphatic rings. The molecule has 0 aliphatic heterocycles. The average molecular weight is 412 g/mol. The summed E-state index contributed by atoms with van der Waals surface area (Å²) in [4.78, 5) is 0. The van der Waals surface area contributed by atoms with E-state index < -0.39 is 0 Å². The summed E-state index contributed by atoms with van der Waals surface area (Å²) in [5.41, 5.74) is 1.45. The number of aryl methyl sites for hydroxylation is 3. The minimum Gasteiger partial charge on any atom is -0.237 e. The first-order valence-corrected chi connectivity index (χ1v) is 12.9. The Hall–Kier alpha value is -1.57. The Morgan fingerprint density at radius 1 is 0.667 bits per heavy atom. The summed E-state index contributed by atoms with van der Waals surface area (Å²) in [7, 11) is 2.20. The number of hydrogen-bond donors (Lipinski definition) is 0. The van der Waals surface area contributed by atoms with E-state index >= 15 is 0 Å². The molecule has 168 valence electrons. The van der Waals surface area contributed by atoms with Gasteiger partial charge in [-0.1, -0.05) is 114 Å². The van der Waals surface area contributed by atoms with Crippen LogP contribution in [0.25, 0.3) is 0 Å². The number of nitrogens with zero attached hydrogens (tertiary/aromatic N) is 2. The van der Waals surface area contributed by atoms with Crippen LogP contribution in [0.15, 0.2) is 42.7 Å². The molecule has 2 aromatic rings. The lowest BCUT2D eigenvalue weighted by Gasteiger charge is -2.05. The Labute approximate surface area is 186 Å². The fourth-order valence-electron chi connectivity index (χ4n) is 4.48. The van der Waals surface area contributed by atoms with Crippen LogP contribution in [0.2, 0.25) is 0 Å². The third kappa shape index (κ3) is 10.5. The van der Waals surface area contributed by atoms with Crippen molar-refractivity contribution in [2.75, 3.05) is 0 Å². The van der Waals surface area contributed by atoms with Crippen molar-refractivity contribution in [2.24, 2.45) is 7.05 Å². The second kappa shape index (κ2) is 16.2. The first kappa shape index (κ1) is 24.7. The van der Waals surface area contributed by atoms with Gasteiger partial charge in [0.15, 0.2) is 0 Å². The Balaban J connectivity index is 1.49. The number of hydrogen-bond acceptors (Lipinski definition) is 0. The highest BCUT2D eigenvalue weighted by molar-refractivity contribution is 5.14. The SMILES string of the molecule is CCCCCCCCCCCCCCCc1n(CCCc2ccccc2)cc[n+]1C. The van der Waals surface area contributed by atoms with Crippen molar-refractivity contribution < 1.29 is 4.57 Å². The maximum Gasteiger partial charge on any atom is 0.256 e. The van der Waals surface area contributed by atoms with Crippen molar-refractivity contribution in [3.8, 4) is 0 Å². The van der Waals surface area contributed by atoms with Crippen LogP contribution in [0, 0.1) is 0 Å². The van der Waals surface area contributed by atoms with Crippen LogP contribution in [-0.2, 0) is 26.4 Å². The summed E-state index contributed by atoms with van der Waals surface area (Å²) < 4.78 is 4.80. The van der Waals surface area contributed by atoms with E-state index in [1.54, 1.807) is 0 Å². The van der Waals surface area contributed by atoms with E-state index in [0.29, 0.717) is 0 Å². The van der Waals surface area contributed by atoms with Gasteiger partial charge in [-0.15, -0.1) is 0 Å². The van der Waals surface area contributed by atoms with E-state index in [9.17, 15) is 0 Å². The fourth-order valence-corrected chi connectivity index (χ4v) is 4.48. The largest absolute Gasteiger partial charge is 0.256 e. The fraction of sp³-hybridized carbons (Fsp3) is 0.679. The topological polar surface area (TPSA) is 8.81 Å². The quantitative estimate of drug-likeness (QED) is 0.176. The molecule has 1 heterocycles. The lowest BCUT2D eigenvalue weighted by atomic mass is 10.0. The van der Waals surface area contributed by atoms with Gasteiger partial charge in [0.2, 0.25) is 0 Å². The molecule has 0 saturated heterocycles. The van der Waals surface area contributed by atoms with Crippen LogP contribution in [-0.4, -0.2) is 4.57 Å². The second-order valence-electron chi connectivity index (χ2n) is 9.10.